The number of fused-ring (bicyclic) bond motifs is 5. The molecule has 0 bridgehead atoms. The van der Waals surface area contributed by atoms with E-state index < -0.39 is 11.6 Å². The van der Waals surface area contributed by atoms with Crippen molar-refractivity contribution in [2.24, 2.45) is 51.1 Å². The first-order valence-electron chi connectivity index (χ1n) is 12.3. The number of carboxylic acid groups (broad SMARTS) is 1. The van der Waals surface area contributed by atoms with Crippen LogP contribution in [0.2, 0.25) is 0 Å². The van der Waals surface area contributed by atoms with E-state index in [1.54, 1.807) is 0 Å². The van der Waals surface area contributed by atoms with Crippen LogP contribution in [0, 0.1) is 40.9 Å². The lowest BCUT2D eigenvalue weighted by atomic mass is 9.49. The van der Waals surface area contributed by atoms with Crippen LogP contribution in [-0.2, 0) is 9.59 Å². The van der Waals surface area contributed by atoms with E-state index in [2.05, 4.69) is 23.8 Å². The molecule has 0 radical (unpaired) electrons. The molecule has 7 nitrogen and oxygen atoms in total. The Kier molecular flexibility index (Phi) is 6.25. The summed E-state index contributed by atoms with van der Waals surface area (Å²) in [6.07, 6.45) is 9.71. The number of nitrogens with zero attached hydrogens (tertiary/aromatic N) is 3. The Morgan fingerprint density at radius 2 is 1.75 bits per heavy atom. The predicted molar refractivity (Wildman–Crippen MR) is 123 cm³/mol. The second-order valence-corrected chi connectivity index (χ2v) is 11.5. The van der Waals surface area contributed by atoms with Gasteiger partial charge >= 0.3 is 5.97 Å². The lowest BCUT2D eigenvalue weighted by Gasteiger charge is -2.56. The highest BCUT2D eigenvalue weighted by Crippen LogP contribution is 2.64. The zero-order chi connectivity index (χ0) is 23.3. The number of Topliss-reactive ketones (excluding diaryl/α,β-unsaturated/α-hetero) is 1. The van der Waals surface area contributed by atoms with Gasteiger partial charge in [-0.3, -0.25) is 4.79 Å². The number of hydrogen-bond donors (Lipinski definition) is 2. The van der Waals surface area contributed by atoms with Crippen LogP contribution in [0.25, 0.3) is 0 Å². The Morgan fingerprint density at radius 3 is 2.44 bits per heavy atom. The van der Waals surface area contributed by atoms with Crippen molar-refractivity contribution < 1.29 is 19.8 Å². The van der Waals surface area contributed by atoms with Gasteiger partial charge in [0, 0.05) is 12.6 Å². The smallest absolute Gasteiger partial charge is 0.351 e. The molecule has 4 saturated carbocycles. The third kappa shape index (κ3) is 4.13. The number of hydrogen-bond acceptors (Lipinski definition) is 6. The quantitative estimate of drug-likeness (QED) is 0.476. The summed E-state index contributed by atoms with van der Waals surface area (Å²) in [6, 6.07) is 0. The Hall–Kier alpha value is -1.76. The second-order valence-electron chi connectivity index (χ2n) is 11.5. The van der Waals surface area contributed by atoms with Crippen molar-refractivity contribution in [3.8, 4) is 0 Å². The highest BCUT2D eigenvalue weighted by molar-refractivity contribution is 6.34. The summed E-state index contributed by atoms with van der Waals surface area (Å²) in [5.41, 5.74) is -0.595. The fourth-order valence-corrected chi connectivity index (χ4v) is 8.19. The molecular weight excluding hydrogens is 406 g/mol. The molecule has 4 fully saturated rings. The van der Waals surface area contributed by atoms with E-state index >= 15 is 0 Å². The third-order valence-corrected chi connectivity index (χ3v) is 9.66. The van der Waals surface area contributed by atoms with Crippen molar-refractivity contribution in [2.45, 2.75) is 84.2 Å². The minimum absolute atomic E-state index is 0.00361. The molecular formula is C25H39N3O4. The number of carbonyl (C=O) groups excluding carboxylic acids is 1. The van der Waals surface area contributed by atoms with Crippen molar-refractivity contribution >= 4 is 24.2 Å². The lowest BCUT2D eigenvalue weighted by Crippen LogP contribution is -2.51. The topological polar surface area (TPSA) is 103 Å². The van der Waals surface area contributed by atoms with Gasteiger partial charge in [0.05, 0.1) is 5.60 Å². The van der Waals surface area contributed by atoms with Crippen molar-refractivity contribution in [3.63, 3.8) is 0 Å². The molecule has 0 unspecified atom stereocenters. The molecule has 178 valence electrons. The number of aliphatic hydroxyl groups is 1. The number of carboxylic acids is 1. The minimum atomic E-state index is -1.13. The van der Waals surface area contributed by atoms with Crippen LogP contribution in [0.3, 0.4) is 0 Å². The van der Waals surface area contributed by atoms with Gasteiger partial charge in [-0.2, -0.15) is 15.3 Å². The molecule has 0 aromatic rings. The monoisotopic (exact) mass is 445 g/mol. The SMILES string of the molecule is C=NN(CC(=O)[C@H]1CC[C@H]2[C@@H]3CC[C@@H]4C[C@](C)(O)CC[C@@H]4[C@H]3CC[C@]12C)/N=C(\C)C(=O)O. The van der Waals surface area contributed by atoms with E-state index in [0.29, 0.717) is 17.8 Å². The van der Waals surface area contributed by atoms with E-state index in [1.807, 2.05) is 6.92 Å². The number of aliphatic carboxylic acids is 1. The maximum Gasteiger partial charge on any atom is 0.351 e. The van der Waals surface area contributed by atoms with Crippen molar-refractivity contribution in [1.29, 1.82) is 0 Å². The summed E-state index contributed by atoms with van der Waals surface area (Å²) in [6.45, 7) is 9.15. The number of ketones is 1. The summed E-state index contributed by atoms with van der Waals surface area (Å²) in [4.78, 5) is 24.4. The molecule has 4 aliphatic carbocycles. The van der Waals surface area contributed by atoms with Crippen molar-refractivity contribution in [3.05, 3.63) is 0 Å². The first kappa shape index (κ1) is 23.4. The summed E-state index contributed by atoms with van der Waals surface area (Å²) >= 11 is 0. The van der Waals surface area contributed by atoms with Crippen molar-refractivity contribution in [1.82, 2.24) is 5.12 Å². The van der Waals surface area contributed by atoms with Gasteiger partial charge in [0.15, 0.2) is 5.78 Å². The van der Waals surface area contributed by atoms with Gasteiger partial charge < -0.3 is 10.2 Å². The van der Waals surface area contributed by atoms with Gasteiger partial charge in [-0.05, 0) is 107 Å². The molecule has 0 aromatic heterocycles. The van der Waals surface area contributed by atoms with E-state index in [4.69, 9.17) is 5.11 Å². The van der Waals surface area contributed by atoms with E-state index in [1.165, 1.54) is 26.2 Å². The average molecular weight is 446 g/mol. The fourth-order valence-electron chi connectivity index (χ4n) is 8.19. The average Bonchev–Trinajstić information content (AvgIpc) is 3.09. The highest BCUT2D eigenvalue weighted by Gasteiger charge is 2.58. The predicted octanol–water partition coefficient (Wildman–Crippen LogP) is 3.95. The zero-order valence-electron chi connectivity index (χ0n) is 19.8. The molecule has 4 rings (SSSR count). The molecule has 0 saturated heterocycles. The molecule has 0 heterocycles. The molecule has 0 aromatic carbocycles. The highest BCUT2D eigenvalue weighted by atomic mass is 16.4. The number of rotatable bonds is 6. The van der Waals surface area contributed by atoms with Gasteiger partial charge in [0.1, 0.15) is 12.3 Å². The molecule has 0 amide bonds. The van der Waals surface area contributed by atoms with Crippen LogP contribution >= 0.6 is 0 Å². The third-order valence-electron chi connectivity index (χ3n) is 9.66. The largest absolute Gasteiger partial charge is 0.477 e. The molecule has 7 heteroatoms. The van der Waals surface area contributed by atoms with E-state index in [-0.39, 0.29) is 29.4 Å². The number of carbonyl (C=O) groups is 2. The Morgan fingerprint density at radius 1 is 1.03 bits per heavy atom. The normalized spacial score (nSPS) is 43.6. The summed E-state index contributed by atoms with van der Waals surface area (Å²) in [5, 5.41) is 28.5. The first-order valence-corrected chi connectivity index (χ1v) is 12.3. The summed E-state index contributed by atoms with van der Waals surface area (Å²) < 4.78 is 0. The van der Waals surface area contributed by atoms with Crippen LogP contribution in [0.4, 0.5) is 0 Å². The fraction of sp³-hybridized carbons (Fsp3) is 0.840. The second kappa shape index (κ2) is 8.54. The number of hydrazone groups is 2. The molecule has 8 atom stereocenters. The van der Waals surface area contributed by atoms with Gasteiger partial charge in [-0.1, -0.05) is 6.92 Å². The van der Waals surface area contributed by atoms with Gasteiger partial charge in [-0.15, -0.1) is 0 Å². The maximum atomic E-state index is 13.3. The maximum absolute atomic E-state index is 13.3. The van der Waals surface area contributed by atoms with Gasteiger partial charge in [-0.25, -0.2) is 4.79 Å². The zero-order valence-corrected chi connectivity index (χ0v) is 19.8. The van der Waals surface area contributed by atoms with Crippen LogP contribution in [0.5, 0.6) is 0 Å². The van der Waals surface area contributed by atoms with Gasteiger partial charge in [0.2, 0.25) is 0 Å². The standard InChI is InChI=1S/C25H39N3O4/c1-15(23(30)31)27-28(26-4)14-22(29)21-8-7-20-19-6-5-16-13-24(2,32)11-9-17(16)18(19)10-12-25(20,21)3/h16-21,32H,4-14H2,1-3H3,(H,30,31)/b27-15+/t16-,17+,18-,19-,20+,21-,24-,25+/m1/s1. The Labute approximate surface area is 191 Å². The van der Waals surface area contributed by atoms with E-state index in [9.17, 15) is 14.7 Å². The summed E-state index contributed by atoms with van der Waals surface area (Å²) in [7, 11) is 0. The summed E-state index contributed by atoms with van der Waals surface area (Å²) in [5.74, 6) is 2.36. The van der Waals surface area contributed by atoms with Crippen LogP contribution in [0.1, 0.15) is 78.6 Å². The van der Waals surface area contributed by atoms with Gasteiger partial charge in [0.25, 0.3) is 0 Å². The molecule has 0 spiro atoms. The van der Waals surface area contributed by atoms with Crippen LogP contribution in [-0.4, -0.2) is 51.7 Å². The van der Waals surface area contributed by atoms with Crippen LogP contribution < -0.4 is 0 Å². The Bertz CT molecular complexity index is 809. The van der Waals surface area contributed by atoms with Crippen LogP contribution in [0.15, 0.2) is 10.2 Å². The minimum Gasteiger partial charge on any atom is -0.477 e. The Balaban J connectivity index is 1.46. The molecule has 2 N–H and O–H groups in total. The lowest BCUT2D eigenvalue weighted by molar-refractivity contribution is -0.133. The molecule has 32 heavy (non-hydrogen) atoms. The molecule has 0 aliphatic heterocycles. The van der Waals surface area contributed by atoms with Crippen molar-refractivity contribution in [2.75, 3.05) is 6.54 Å². The first-order chi connectivity index (χ1) is 15.1. The molecule has 4 aliphatic rings. The van der Waals surface area contributed by atoms with E-state index in [0.717, 1.165) is 55.5 Å².